The van der Waals surface area contributed by atoms with E-state index in [0.29, 0.717) is 18.7 Å². The summed E-state index contributed by atoms with van der Waals surface area (Å²) in [7, 11) is 1.64. The van der Waals surface area contributed by atoms with Crippen molar-refractivity contribution in [3.63, 3.8) is 0 Å². The lowest BCUT2D eigenvalue weighted by atomic mass is 9.85. The van der Waals surface area contributed by atoms with Crippen LogP contribution >= 0.6 is 0 Å². The molecule has 7 rings (SSSR count). The van der Waals surface area contributed by atoms with E-state index in [-0.39, 0.29) is 29.5 Å². The highest BCUT2D eigenvalue weighted by Crippen LogP contribution is 2.53. The molecule has 0 bridgehead atoms. The minimum absolute atomic E-state index is 0.117. The average molecular weight is 552 g/mol. The maximum Gasteiger partial charge on any atom is 0.232 e. The highest BCUT2D eigenvalue weighted by atomic mass is 19.2. The third-order valence-electron chi connectivity index (χ3n) is 9.17. The second-order valence-electron chi connectivity index (χ2n) is 11.5. The molecule has 0 saturated heterocycles. The van der Waals surface area contributed by atoms with Crippen LogP contribution in [0.3, 0.4) is 0 Å². The molecule has 2 unspecified atom stereocenters. The molecule has 40 heavy (non-hydrogen) atoms. The minimum Gasteiger partial charge on any atom is -0.497 e. The second-order valence-corrected chi connectivity index (χ2v) is 11.5. The quantitative estimate of drug-likeness (QED) is 0.211. The van der Waals surface area contributed by atoms with E-state index in [9.17, 15) is 22.4 Å². The third-order valence-corrected chi connectivity index (χ3v) is 9.17. The topological polar surface area (TPSA) is 55.3 Å². The maximum atomic E-state index is 14.9. The van der Waals surface area contributed by atoms with E-state index in [0.717, 1.165) is 72.5 Å². The lowest BCUT2D eigenvalue weighted by Crippen LogP contribution is -2.38. The maximum absolute atomic E-state index is 14.9. The summed E-state index contributed by atoms with van der Waals surface area (Å²) in [6, 6.07) is 5.94. The lowest BCUT2D eigenvalue weighted by Gasteiger charge is -2.32. The van der Waals surface area contributed by atoms with Gasteiger partial charge in [0.2, 0.25) is 5.91 Å². The van der Waals surface area contributed by atoms with Crippen LogP contribution in [0.25, 0.3) is 11.3 Å². The number of amides is 1. The Labute approximate surface area is 229 Å². The number of aromatic nitrogens is 2. The van der Waals surface area contributed by atoms with Crippen molar-refractivity contribution < 1.29 is 27.1 Å². The fourth-order valence-corrected chi connectivity index (χ4v) is 6.94. The molecule has 5 nitrogen and oxygen atoms in total. The standard InChI is InChI=1S/C31H29F4N3O2/c1-40-18-8-9-19-16(11-18)7-10-22-30(19)37-29(15-5-3-2-4-6-15)31(36-22)38-14-17-12-20(17)24-21(13-23(38)39)25(32)27(34)28(35)26(24)33/h8-9,11,15,17,20H,2-7,10,12-14H2,1H3. The van der Waals surface area contributed by atoms with Gasteiger partial charge in [-0.15, -0.1) is 0 Å². The molecule has 2 saturated carbocycles. The Kier molecular flexibility index (Phi) is 6.09. The number of carbonyl (C=O) groups is 1. The number of rotatable bonds is 3. The van der Waals surface area contributed by atoms with Gasteiger partial charge in [0.05, 0.1) is 30.6 Å². The van der Waals surface area contributed by atoms with Crippen LogP contribution in [0.15, 0.2) is 18.2 Å². The summed E-state index contributed by atoms with van der Waals surface area (Å²) >= 11 is 0. The second kappa shape index (κ2) is 9.56. The van der Waals surface area contributed by atoms with E-state index in [4.69, 9.17) is 14.7 Å². The normalized spacial score (nSPS) is 22.0. The molecule has 2 fully saturated rings. The zero-order valence-corrected chi connectivity index (χ0v) is 22.2. The highest BCUT2D eigenvalue weighted by molar-refractivity contribution is 5.95. The molecule has 0 spiro atoms. The number of ether oxygens (including phenoxy) is 1. The van der Waals surface area contributed by atoms with Crippen molar-refractivity contribution in [2.75, 3.05) is 18.6 Å². The van der Waals surface area contributed by atoms with Gasteiger partial charge in [-0.25, -0.2) is 27.5 Å². The molecule has 2 heterocycles. The molecule has 1 amide bonds. The summed E-state index contributed by atoms with van der Waals surface area (Å²) in [5, 5.41) is 0. The summed E-state index contributed by atoms with van der Waals surface area (Å²) in [4.78, 5) is 25.6. The fourth-order valence-electron chi connectivity index (χ4n) is 6.94. The molecular weight excluding hydrogens is 522 g/mol. The van der Waals surface area contributed by atoms with Gasteiger partial charge in [0.15, 0.2) is 29.1 Å². The van der Waals surface area contributed by atoms with E-state index in [2.05, 4.69) is 0 Å². The molecule has 0 radical (unpaired) electrons. The van der Waals surface area contributed by atoms with Crippen molar-refractivity contribution in [3.05, 3.63) is 69.5 Å². The number of fused-ring (bicyclic) bond motifs is 6. The predicted octanol–water partition coefficient (Wildman–Crippen LogP) is 6.55. The number of anilines is 1. The lowest BCUT2D eigenvalue weighted by molar-refractivity contribution is -0.118. The zero-order valence-electron chi connectivity index (χ0n) is 22.2. The Balaban J connectivity index is 1.35. The van der Waals surface area contributed by atoms with Gasteiger partial charge < -0.3 is 4.74 Å². The molecule has 1 aliphatic heterocycles. The monoisotopic (exact) mass is 551 g/mol. The Morgan fingerprint density at radius 3 is 2.50 bits per heavy atom. The van der Waals surface area contributed by atoms with Gasteiger partial charge in [-0.2, -0.15) is 0 Å². The Morgan fingerprint density at radius 1 is 0.950 bits per heavy atom. The molecule has 2 aromatic carbocycles. The van der Waals surface area contributed by atoms with Gasteiger partial charge >= 0.3 is 0 Å². The number of nitrogens with zero attached hydrogens (tertiary/aromatic N) is 3. The number of halogens is 4. The first kappa shape index (κ1) is 25.5. The molecule has 9 heteroatoms. The molecule has 1 aromatic heterocycles. The van der Waals surface area contributed by atoms with Crippen LogP contribution in [0, 0.1) is 29.2 Å². The van der Waals surface area contributed by atoms with Crippen LogP contribution in [-0.2, 0) is 24.1 Å². The number of benzene rings is 2. The first-order valence-corrected chi connectivity index (χ1v) is 14.1. The van der Waals surface area contributed by atoms with Crippen molar-refractivity contribution in [3.8, 4) is 17.0 Å². The first-order chi connectivity index (χ1) is 19.4. The Morgan fingerprint density at radius 2 is 1.73 bits per heavy atom. The first-order valence-electron chi connectivity index (χ1n) is 14.1. The van der Waals surface area contributed by atoms with E-state index in [1.165, 1.54) is 0 Å². The van der Waals surface area contributed by atoms with Crippen molar-refractivity contribution in [1.29, 1.82) is 0 Å². The summed E-state index contributed by atoms with van der Waals surface area (Å²) < 4.78 is 63.5. The number of aryl methyl sites for hydroxylation is 2. The van der Waals surface area contributed by atoms with Gasteiger partial charge in [-0.1, -0.05) is 19.3 Å². The van der Waals surface area contributed by atoms with Gasteiger partial charge in [-0.3, -0.25) is 9.69 Å². The summed E-state index contributed by atoms with van der Waals surface area (Å²) in [6.45, 7) is 0.254. The van der Waals surface area contributed by atoms with E-state index < -0.39 is 41.5 Å². The molecule has 4 aliphatic rings. The molecule has 208 valence electrons. The van der Waals surface area contributed by atoms with E-state index in [1.54, 1.807) is 12.0 Å². The smallest absolute Gasteiger partial charge is 0.232 e. The molecular formula is C31H29F4N3O2. The summed E-state index contributed by atoms with van der Waals surface area (Å²) in [5.41, 5.74) is 3.93. The molecule has 3 aliphatic carbocycles. The van der Waals surface area contributed by atoms with Crippen molar-refractivity contribution >= 4 is 11.7 Å². The average Bonchev–Trinajstić information content (AvgIpc) is 3.74. The third kappa shape index (κ3) is 3.99. The SMILES string of the molecule is COc1ccc2c(c1)CCc1nc(N3CC4CC4c4c(F)c(F)c(F)c(F)c4CC3=O)c(C3CCCCC3)nc1-2. The van der Waals surface area contributed by atoms with Crippen LogP contribution < -0.4 is 9.64 Å². The van der Waals surface area contributed by atoms with Crippen LogP contribution in [0.1, 0.15) is 78.4 Å². The molecule has 3 aromatic rings. The van der Waals surface area contributed by atoms with E-state index in [1.807, 2.05) is 18.2 Å². The highest BCUT2D eigenvalue weighted by Gasteiger charge is 2.48. The minimum atomic E-state index is -1.87. The zero-order chi connectivity index (χ0) is 27.7. The van der Waals surface area contributed by atoms with Crippen molar-refractivity contribution in [2.45, 2.75) is 69.6 Å². The van der Waals surface area contributed by atoms with Crippen LogP contribution in [0.5, 0.6) is 5.75 Å². The van der Waals surface area contributed by atoms with Crippen LogP contribution in [0.4, 0.5) is 23.4 Å². The van der Waals surface area contributed by atoms with Crippen LogP contribution in [0.2, 0.25) is 0 Å². The number of methoxy groups -OCH3 is 1. The van der Waals surface area contributed by atoms with Gasteiger partial charge in [0.1, 0.15) is 5.75 Å². The van der Waals surface area contributed by atoms with Gasteiger partial charge in [0, 0.05) is 29.2 Å². The number of carbonyl (C=O) groups excluding carboxylic acids is 1. The fraction of sp³-hybridized carbons (Fsp3) is 0.452. The summed E-state index contributed by atoms with van der Waals surface area (Å²) in [5.74, 6) is -6.36. The number of hydrogen-bond acceptors (Lipinski definition) is 4. The molecule has 0 N–H and O–H groups in total. The van der Waals surface area contributed by atoms with Crippen LogP contribution in [-0.4, -0.2) is 29.5 Å². The van der Waals surface area contributed by atoms with Crippen molar-refractivity contribution in [2.24, 2.45) is 5.92 Å². The van der Waals surface area contributed by atoms with Gasteiger partial charge in [-0.05, 0) is 67.7 Å². The molecule has 2 atom stereocenters. The van der Waals surface area contributed by atoms with Gasteiger partial charge in [0.25, 0.3) is 0 Å². The Hall–Kier alpha value is -3.49. The largest absolute Gasteiger partial charge is 0.497 e. The van der Waals surface area contributed by atoms with Crippen molar-refractivity contribution in [1.82, 2.24) is 9.97 Å². The predicted molar refractivity (Wildman–Crippen MR) is 140 cm³/mol. The van der Waals surface area contributed by atoms with E-state index >= 15 is 0 Å². The summed E-state index contributed by atoms with van der Waals surface area (Å²) in [6.07, 6.45) is 6.39. The number of hydrogen-bond donors (Lipinski definition) is 0. The Bertz CT molecular complexity index is 1550.